The van der Waals surface area contributed by atoms with Gasteiger partial charge in [-0.15, -0.1) is 0 Å². The molecule has 1 rings (SSSR count). The fourth-order valence-electron chi connectivity index (χ4n) is 0.934. The minimum absolute atomic E-state index is 0.272. The third-order valence-electron chi connectivity index (χ3n) is 1.79. The zero-order chi connectivity index (χ0) is 13.1. The van der Waals surface area contributed by atoms with Crippen LogP contribution in [0.4, 0.5) is 8.78 Å². The SMILES string of the molecule is O=S(=O)(NCC(O)C(F)F)c1cccnc1Cl. The molecule has 0 aromatic carbocycles. The van der Waals surface area contributed by atoms with Crippen LogP contribution in [0.2, 0.25) is 5.15 Å². The number of sulfonamides is 1. The summed E-state index contributed by atoms with van der Waals surface area (Å²) >= 11 is 5.55. The van der Waals surface area contributed by atoms with Crippen LogP contribution in [0.15, 0.2) is 23.2 Å². The summed E-state index contributed by atoms with van der Waals surface area (Å²) in [6.07, 6.45) is -3.81. The van der Waals surface area contributed by atoms with E-state index in [1.54, 1.807) is 0 Å². The van der Waals surface area contributed by atoms with E-state index >= 15 is 0 Å². The van der Waals surface area contributed by atoms with E-state index in [1.165, 1.54) is 18.3 Å². The molecule has 0 aliphatic carbocycles. The van der Waals surface area contributed by atoms with Crippen molar-refractivity contribution < 1.29 is 22.3 Å². The molecule has 96 valence electrons. The van der Waals surface area contributed by atoms with E-state index in [0.717, 1.165) is 0 Å². The molecule has 5 nitrogen and oxygen atoms in total. The van der Waals surface area contributed by atoms with Gasteiger partial charge < -0.3 is 5.11 Å². The smallest absolute Gasteiger partial charge is 0.265 e. The summed E-state index contributed by atoms with van der Waals surface area (Å²) < 4.78 is 48.9. The van der Waals surface area contributed by atoms with Gasteiger partial charge in [0.05, 0.1) is 0 Å². The molecule has 2 N–H and O–H groups in total. The molecule has 0 radical (unpaired) electrons. The van der Waals surface area contributed by atoms with Crippen molar-refractivity contribution in [2.45, 2.75) is 17.4 Å². The Morgan fingerprint density at radius 2 is 2.18 bits per heavy atom. The lowest BCUT2D eigenvalue weighted by Gasteiger charge is -2.11. The second kappa shape index (κ2) is 5.67. The van der Waals surface area contributed by atoms with Gasteiger partial charge >= 0.3 is 0 Å². The molecule has 0 saturated carbocycles. The van der Waals surface area contributed by atoms with E-state index in [0.29, 0.717) is 0 Å². The van der Waals surface area contributed by atoms with Crippen LogP contribution in [-0.4, -0.2) is 37.6 Å². The van der Waals surface area contributed by atoms with Crippen LogP contribution in [-0.2, 0) is 10.0 Å². The summed E-state index contributed by atoms with van der Waals surface area (Å²) in [5, 5.41) is 8.51. The number of hydrogen-bond acceptors (Lipinski definition) is 4. The van der Waals surface area contributed by atoms with E-state index in [2.05, 4.69) is 4.98 Å². The number of nitrogens with zero attached hydrogens (tertiary/aromatic N) is 1. The van der Waals surface area contributed by atoms with Gasteiger partial charge in [-0.1, -0.05) is 11.6 Å². The second-order valence-electron chi connectivity index (χ2n) is 3.05. The first-order valence-corrected chi connectivity index (χ1v) is 6.27. The normalized spacial score (nSPS) is 13.9. The summed E-state index contributed by atoms with van der Waals surface area (Å²) in [4.78, 5) is 3.21. The summed E-state index contributed by atoms with van der Waals surface area (Å²) in [7, 11) is -4.06. The Labute approximate surface area is 101 Å². The Morgan fingerprint density at radius 3 is 2.71 bits per heavy atom. The number of aliphatic hydroxyl groups is 1. The van der Waals surface area contributed by atoms with Crippen molar-refractivity contribution in [1.82, 2.24) is 9.71 Å². The number of aromatic nitrogens is 1. The molecule has 0 aliphatic rings. The highest BCUT2D eigenvalue weighted by Gasteiger charge is 2.23. The maximum atomic E-state index is 12.0. The van der Waals surface area contributed by atoms with Crippen LogP contribution in [0.5, 0.6) is 0 Å². The largest absolute Gasteiger partial charge is 0.386 e. The lowest BCUT2D eigenvalue weighted by atomic mass is 10.4. The van der Waals surface area contributed by atoms with Crippen LogP contribution in [0.1, 0.15) is 0 Å². The first-order chi connectivity index (χ1) is 7.84. The van der Waals surface area contributed by atoms with Gasteiger partial charge in [-0.3, -0.25) is 0 Å². The molecule has 1 atom stereocenters. The second-order valence-corrected chi connectivity index (χ2v) is 5.14. The summed E-state index contributed by atoms with van der Waals surface area (Å²) in [6.45, 7) is -0.800. The van der Waals surface area contributed by atoms with Crippen LogP contribution in [0.3, 0.4) is 0 Å². The highest BCUT2D eigenvalue weighted by molar-refractivity contribution is 7.89. The van der Waals surface area contributed by atoms with Crippen LogP contribution < -0.4 is 4.72 Å². The van der Waals surface area contributed by atoms with E-state index in [4.69, 9.17) is 16.7 Å². The molecule has 1 unspecified atom stereocenters. The fourth-order valence-corrected chi connectivity index (χ4v) is 2.44. The monoisotopic (exact) mass is 286 g/mol. The number of alkyl halides is 2. The van der Waals surface area contributed by atoms with Crippen molar-refractivity contribution in [2.24, 2.45) is 0 Å². The minimum atomic E-state index is -4.06. The van der Waals surface area contributed by atoms with E-state index in [-0.39, 0.29) is 10.0 Å². The fraction of sp³-hybridized carbons (Fsp3) is 0.375. The van der Waals surface area contributed by atoms with Gasteiger partial charge in [0, 0.05) is 12.7 Å². The van der Waals surface area contributed by atoms with Crippen molar-refractivity contribution in [2.75, 3.05) is 6.54 Å². The molecule has 9 heteroatoms. The first kappa shape index (κ1) is 14.2. The Morgan fingerprint density at radius 1 is 1.53 bits per heavy atom. The summed E-state index contributed by atoms with van der Waals surface area (Å²) in [5.41, 5.74) is 0. The number of hydrogen-bond donors (Lipinski definition) is 2. The molecule has 0 fully saturated rings. The van der Waals surface area contributed by atoms with Crippen molar-refractivity contribution in [3.8, 4) is 0 Å². The van der Waals surface area contributed by atoms with Gasteiger partial charge in [-0.05, 0) is 12.1 Å². The molecule has 0 saturated heterocycles. The zero-order valence-electron chi connectivity index (χ0n) is 8.35. The Bertz CT molecular complexity index is 483. The molecule has 0 amide bonds. The molecule has 0 spiro atoms. The topological polar surface area (TPSA) is 79.3 Å². The first-order valence-electron chi connectivity index (χ1n) is 4.41. The number of pyridine rings is 1. The van der Waals surface area contributed by atoms with E-state index in [1.807, 2.05) is 4.72 Å². The molecular weight excluding hydrogens is 278 g/mol. The van der Waals surface area contributed by atoms with Gasteiger partial charge in [-0.25, -0.2) is 26.9 Å². The van der Waals surface area contributed by atoms with Crippen molar-refractivity contribution in [3.05, 3.63) is 23.5 Å². The molecule has 1 aromatic heterocycles. The van der Waals surface area contributed by atoms with Crippen molar-refractivity contribution in [1.29, 1.82) is 0 Å². The van der Waals surface area contributed by atoms with Crippen LogP contribution >= 0.6 is 11.6 Å². The summed E-state index contributed by atoms with van der Waals surface area (Å²) in [5.74, 6) is 0. The van der Waals surface area contributed by atoms with Gasteiger partial charge in [0.25, 0.3) is 6.43 Å². The lowest BCUT2D eigenvalue weighted by Crippen LogP contribution is -2.36. The third kappa shape index (κ3) is 3.84. The van der Waals surface area contributed by atoms with Gasteiger partial charge in [0.2, 0.25) is 10.0 Å². The third-order valence-corrected chi connectivity index (χ3v) is 3.66. The number of aliphatic hydroxyl groups excluding tert-OH is 1. The highest BCUT2D eigenvalue weighted by Crippen LogP contribution is 2.17. The Kier molecular flexibility index (Phi) is 4.75. The average Bonchev–Trinajstić information content (AvgIpc) is 2.26. The molecule has 1 aromatic rings. The molecule has 17 heavy (non-hydrogen) atoms. The lowest BCUT2D eigenvalue weighted by molar-refractivity contribution is -0.000451. The number of rotatable bonds is 5. The molecular formula is C8H9ClF2N2O3S. The predicted molar refractivity (Wildman–Crippen MR) is 56.4 cm³/mol. The molecule has 0 aliphatic heterocycles. The highest BCUT2D eigenvalue weighted by atomic mass is 35.5. The average molecular weight is 287 g/mol. The predicted octanol–water partition coefficient (Wildman–Crippen LogP) is 0.639. The van der Waals surface area contributed by atoms with Gasteiger partial charge in [-0.2, -0.15) is 0 Å². The minimum Gasteiger partial charge on any atom is -0.386 e. The summed E-state index contributed by atoms with van der Waals surface area (Å²) in [6, 6.07) is 2.51. The maximum absolute atomic E-state index is 12.0. The van der Waals surface area contributed by atoms with Crippen molar-refractivity contribution >= 4 is 21.6 Å². The number of halogens is 3. The maximum Gasteiger partial charge on any atom is 0.265 e. The van der Waals surface area contributed by atoms with Crippen LogP contribution in [0, 0.1) is 0 Å². The molecule has 1 heterocycles. The van der Waals surface area contributed by atoms with E-state index < -0.39 is 29.1 Å². The van der Waals surface area contributed by atoms with Gasteiger partial charge in [0.1, 0.15) is 16.2 Å². The number of nitrogens with one attached hydrogen (secondary N) is 1. The standard InChI is InChI=1S/C8H9ClF2N2O3S/c9-7-6(2-1-3-12-7)17(15,16)13-4-5(14)8(10)11/h1-3,5,8,13-14H,4H2. The van der Waals surface area contributed by atoms with Crippen molar-refractivity contribution in [3.63, 3.8) is 0 Å². The Hall–Kier alpha value is -0.830. The quantitative estimate of drug-likeness (QED) is 0.779. The Balaban J connectivity index is 2.80. The van der Waals surface area contributed by atoms with Crippen LogP contribution in [0.25, 0.3) is 0 Å². The van der Waals surface area contributed by atoms with Gasteiger partial charge in [0.15, 0.2) is 0 Å². The zero-order valence-corrected chi connectivity index (χ0v) is 9.92. The molecule has 0 bridgehead atoms. The van der Waals surface area contributed by atoms with E-state index in [9.17, 15) is 17.2 Å².